The van der Waals surface area contributed by atoms with E-state index in [1.54, 1.807) is 38.4 Å². The molecule has 186 valence electrons. The first kappa shape index (κ1) is 25.3. The Bertz CT molecular complexity index is 1350. The molecule has 36 heavy (non-hydrogen) atoms. The third kappa shape index (κ3) is 5.90. The molecule has 7 nitrogen and oxygen atoms in total. The predicted molar refractivity (Wildman–Crippen MR) is 143 cm³/mol. The summed E-state index contributed by atoms with van der Waals surface area (Å²) in [5, 5.41) is 14.6. The van der Waals surface area contributed by atoms with Gasteiger partial charge in [-0.15, -0.1) is 0 Å². The van der Waals surface area contributed by atoms with Gasteiger partial charge in [0.25, 0.3) is 0 Å². The summed E-state index contributed by atoms with van der Waals surface area (Å²) in [7, 11) is -3.61. The zero-order valence-electron chi connectivity index (χ0n) is 20.2. The molecule has 0 bridgehead atoms. The highest BCUT2D eigenvalue weighted by atomic mass is 32.2. The minimum Gasteiger partial charge on any atom is -0.388 e. The van der Waals surface area contributed by atoms with Crippen LogP contribution in [0.3, 0.4) is 0 Å². The Hall–Kier alpha value is -3.75. The van der Waals surface area contributed by atoms with Crippen LogP contribution in [0.5, 0.6) is 0 Å². The van der Waals surface area contributed by atoms with Crippen LogP contribution in [0.4, 0.5) is 11.5 Å². The molecule has 4 rings (SSSR count). The molecule has 0 radical (unpaired) electrons. The molecule has 3 N–H and O–H groups in total. The van der Waals surface area contributed by atoms with Gasteiger partial charge < -0.3 is 10.4 Å². The number of aliphatic hydroxyl groups is 1. The van der Waals surface area contributed by atoms with Gasteiger partial charge in [0.05, 0.1) is 29.0 Å². The molecule has 3 unspecified atom stereocenters. The summed E-state index contributed by atoms with van der Waals surface area (Å²) in [6.07, 6.45) is 2.42. The summed E-state index contributed by atoms with van der Waals surface area (Å²) >= 11 is 0. The summed E-state index contributed by atoms with van der Waals surface area (Å²) in [5.41, 5.74) is 2.48. The molecule has 0 aliphatic heterocycles. The van der Waals surface area contributed by atoms with E-state index in [-0.39, 0.29) is 0 Å². The number of benzene rings is 2. The van der Waals surface area contributed by atoms with Crippen molar-refractivity contribution in [2.45, 2.75) is 37.2 Å². The number of anilines is 2. The summed E-state index contributed by atoms with van der Waals surface area (Å²) in [5.74, 6) is 0.00511. The van der Waals surface area contributed by atoms with Crippen molar-refractivity contribution in [3.63, 3.8) is 0 Å². The van der Waals surface area contributed by atoms with Gasteiger partial charge in [0, 0.05) is 18.1 Å². The molecule has 4 aromatic rings. The van der Waals surface area contributed by atoms with Crippen molar-refractivity contribution in [1.29, 1.82) is 0 Å². The summed E-state index contributed by atoms with van der Waals surface area (Å²) in [6.45, 7) is 3.26. The molecule has 0 aliphatic carbocycles. The Morgan fingerprint density at radius 1 is 0.778 bits per heavy atom. The average molecular weight is 503 g/mol. The number of aromatic nitrogens is 2. The highest BCUT2D eigenvalue weighted by molar-refractivity contribution is 7.93. The molecule has 0 amide bonds. The maximum absolute atomic E-state index is 12.8. The minimum atomic E-state index is -3.61. The molecule has 3 atom stereocenters. The number of aliphatic hydroxyl groups excluding tert-OH is 1. The van der Waals surface area contributed by atoms with Gasteiger partial charge in [-0.1, -0.05) is 60.7 Å². The van der Waals surface area contributed by atoms with Gasteiger partial charge >= 0.3 is 0 Å². The highest BCUT2D eigenvalue weighted by Gasteiger charge is 2.35. The normalized spacial score (nSPS) is 14.1. The van der Waals surface area contributed by atoms with Crippen LogP contribution >= 0.6 is 0 Å². The molecular formula is C28H30N4O3S. The van der Waals surface area contributed by atoms with Crippen LogP contribution in [0, 0.1) is 0 Å². The third-order valence-electron chi connectivity index (χ3n) is 6.01. The van der Waals surface area contributed by atoms with Gasteiger partial charge in [-0.2, -0.15) is 0 Å². The Morgan fingerprint density at radius 2 is 1.42 bits per heavy atom. The van der Waals surface area contributed by atoms with Gasteiger partial charge in [0.1, 0.15) is 5.82 Å². The molecular weight excluding hydrogens is 472 g/mol. The molecule has 2 aromatic heterocycles. The first-order chi connectivity index (χ1) is 17.4. The number of nitrogens with one attached hydrogen (secondary N) is 2. The Labute approximate surface area is 212 Å². The van der Waals surface area contributed by atoms with Crippen LogP contribution in [0.2, 0.25) is 0 Å². The van der Waals surface area contributed by atoms with Crippen molar-refractivity contribution in [2.24, 2.45) is 0 Å². The summed E-state index contributed by atoms with van der Waals surface area (Å²) in [6, 6.07) is 27.1. The van der Waals surface area contributed by atoms with Crippen molar-refractivity contribution in [3.05, 3.63) is 120 Å². The molecule has 0 spiro atoms. The lowest BCUT2D eigenvalue weighted by atomic mass is 9.82. The number of sulfonamides is 1. The van der Waals surface area contributed by atoms with Crippen LogP contribution in [0.15, 0.2) is 103 Å². The molecule has 2 heterocycles. The van der Waals surface area contributed by atoms with E-state index in [2.05, 4.69) is 20.0 Å². The maximum Gasteiger partial charge on any atom is 0.235 e. The molecule has 8 heteroatoms. The van der Waals surface area contributed by atoms with Gasteiger partial charge in [-0.05, 0) is 55.3 Å². The van der Waals surface area contributed by atoms with E-state index in [0.717, 1.165) is 5.56 Å². The fourth-order valence-electron chi connectivity index (χ4n) is 4.05. The Kier molecular flexibility index (Phi) is 7.97. The van der Waals surface area contributed by atoms with Gasteiger partial charge in [-0.3, -0.25) is 9.71 Å². The summed E-state index contributed by atoms with van der Waals surface area (Å²) < 4.78 is 28.4. The van der Waals surface area contributed by atoms with E-state index in [1.165, 1.54) is 0 Å². The third-order valence-corrected chi connectivity index (χ3v) is 7.75. The molecule has 0 fully saturated rings. The zero-order valence-corrected chi connectivity index (χ0v) is 21.0. The average Bonchev–Trinajstić information content (AvgIpc) is 2.90. The second-order valence-corrected chi connectivity index (χ2v) is 11.0. The van der Waals surface area contributed by atoms with Crippen LogP contribution in [-0.2, 0) is 10.0 Å². The van der Waals surface area contributed by atoms with E-state index in [4.69, 9.17) is 0 Å². The van der Waals surface area contributed by atoms with E-state index in [9.17, 15) is 13.5 Å². The number of para-hydroxylation sites is 1. The molecule has 0 aliphatic rings. The van der Waals surface area contributed by atoms with Crippen molar-refractivity contribution >= 4 is 21.5 Å². The highest BCUT2D eigenvalue weighted by Crippen LogP contribution is 2.43. The standard InChI is InChI=1S/C28H30N4O3S/c1-20(2)36(34,35)32-23-15-7-6-14-22(23)27(31-25-17-9-11-19-30-25)26(24-16-8-10-18-29-24)28(33)21-12-4-3-5-13-21/h3-20,26-28,32-33H,1-2H3,(H,30,31). The van der Waals surface area contributed by atoms with Gasteiger partial charge in [0.2, 0.25) is 10.0 Å². The van der Waals surface area contributed by atoms with Crippen molar-refractivity contribution < 1.29 is 13.5 Å². The van der Waals surface area contributed by atoms with Gasteiger partial charge in [0.15, 0.2) is 0 Å². The minimum absolute atomic E-state index is 0.431. The van der Waals surface area contributed by atoms with Gasteiger partial charge in [-0.25, -0.2) is 13.4 Å². The predicted octanol–water partition coefficient (Wildman–Crippen LogP) is 5.30. The quantitative estimate of drug-likeness (QED) is 0.272. The fraction of sp³-hybridized carbons (Fsp3) is 0.214. The Morgan fingerprint density at radius 3 is 2.06 bits per heavy atom. The van der Waals surface area contributed by atoms with Crippen molar-refractivity contribution in [1.82, 2.24) is 9.97 Å². The largest absolute Gasteiger partial charge is 0.388 e. The fourth-order valence-corrected chi connectivity index (χ4v) is 4.77. The van der Waals surface area contributed by atoms with E-state index in [1.807, 2.05) is 78.9 Å². The zero-order chi connectivity index (χ0) is 25.5. The lowest BCUT2D eigenvalue weighted by molar-refractivity contribution is 0.133. The second kappa shape index (κ2) is 11.3. The summed E-state index contributed by atoms with van der Waals surface area (Å²) in [4.78, 5) is 9.02. The molecule has 0 saturated heterocycles. The maximum atomic E-state index is 12.8. The first-order valence-electron chi connectivity index (χ1n) is 11.8. The molecule has 0 saturated carbocycles. The Balaban J connectivity index is 1.89. The van der Waals surface area contributed by atoms with Crippen LogP contribution in [0.25, 0.3) is 0 Å². The number of pyridine rings is 2. The molecule has 2 aromatic carbocycles. The van der Waals surface area contributed by atoms with Crippen molar-refractivity contribution in [2.75, 3.05) is 10.0 Å². The van der Waals surface area contributed by atoms with Crippen LogP contribution in [-0.4, -0.2) is 28.7 Å². The number of nitrogens with zero attached hydrogens (tertiary/aromatic N) is 2. The lowest BCUT2D eigenvalue weighted by Gasteiger charge is -2.33. The van der Waals surface area contributed by atoms with Crippen LogP contribution < -0.4 is 10.0 Å². The SMILES string of the molecule is CC(C)S(=O)(=O)Nc1ccccc1C(Nc1ccccn1)C(c1ccccn1)C(O)c1ccccc1. The lowest BCUT2D eigenvalue weighted by Crippen LogP contribution is -2.28. The number of hydrogen-bond acceptors (Lipinski definition) is 6. The van der Waals surface area contributed by atoms with Crippen molar-refractivity contribution in [3.8, 4) is 0 Å². The van der Waals surface area contributed by atoms with E-state index < -0.39 is 33.3 Å². The first-order valence-corrected chi connectivity index (χ1v) is 13.3. The van der Waals surface area contributed by atoms with Crippen LogP contribution in [0.1, 0.15) is 48.7 Å². The topological polar surface area (TPSA) is 104 Å². The monoisotopic (exact) mass is 502 g/mol. The number of rotatable bonds is 10. The van der Waals surface area contributed by atoms with E-state index in [0.29, 0.717) is 22.8 Å². The smallest absolute Gasteiger partial charge is 0.235 e. The van der Waals surface area contributed by atoms with E-state index >= 15 is 0 Å². The second-order valence-electron chi connectivity index (χ2n) is 8.76. The number of hydrogen-bond donors (Lipinski definition) is 3.